The van der Waals surface area contributed by atoms with Crippen molar-refractivity contribution in [3.8, 4) is 68.0 Å². The molecule has 0 aliphatic heterocycles. The second kappa shape index (κ2) is 16.4. The first-order valence-electron chi connectivity index (χ1n) is 21.9. The van der Waals surface area contributed by atoms with Gasteiger partial charge < -0.3 is 9.13 Å². The summed E-state index contributed by atoms with van der Waals surface area (Å²) in [6.07, 6.45) is -10.2. The first-order valence-corrected chi connectivity index (χ1v) is 21.9. The standard InChI is InChI=1S/C59H31F6N5/c1-68-51-15-7-4-12-43(51)37-21-27-54-49(30-37)45-14-5-8-16-52(45)69(54)56-28-35(33-66)18-23-46(56)47-24-19-38(42-25-22-40(58(60,61)62)32-50(42)59(63,64)65)31-57(47)70-53-17-9-6-13-44(53)48-29-36(20-26-55(48)70)41-11-3-2-10-39(41)34-67/h2-32H. The second-order valence-electron chi connectivity index (χ2n) is 16.8. The van der Waals surface area contributed by atoms with Crippen LogP contribution in [0.25, 0.3) is 104 Å². The Hall–Kier alpha value is -9.37. The van der Waals surface area contributed by atoms with Gasteiger partial charge >= 0.3 is 12.4 Å². The van der Waals surface area contributed by atoms with Crippen LogP contribution in [0.5, 0.6) is 0 Å². The van der Waals surface area contributed by atoms with Gasteiger partial charge in [-0.1, -0.05) is 115 Å². The molecule has 0 atom stereocenters. The fraction of sp³-hybridized carbons (Fsp3) is 0.0339. The lowest BCUT2D eigenvalue weighted by Gasteiger charge is -2.21. The Kier molecular flexibility index (Phi) is 10.2. The number of aromatic nitrogens is 2. The van der Waals surface area contributed by atoms with Crippen LogP contribution in [0.3, 0.4) is 0 Å². The van der Waals surface area contributed by atoms with E-state index in [9.17, 15) is 36.9 Å². The van der Waals surface area contributed by atoms with Crippen LogP contribution in [0, 0.1) is 29.2 Å². The lowest BCUT2D eigenvalue weighted by Crippen LogP contribution is -2.12. The summed E-state index contributed by atoms with van der Waals surface area (Å²) in [6.45, 7) is 7.83. The molecule has 0 aliphatic rings. The Morgan fingerprint density at radius 2 is 0.914 bits per heavy atom. The van der Waals surface area contributed by atoms with Crippen molar-refractivity contribution in [2.45, 2.75) is 12.4 Å². The van der Waals surface area contributed by atoms with Crippen LogP contribution in [0.1, 0.15) is 22.3 Å². The first kappa shape index (κ1) is 43.2. The van der Waals surface area contributed by atoms with Gasteiger partial charge in [-0.15, -0.1) is 0 Å². The molecule has 2 heterocycles. The number of hydrogen-bond donors (Lipinski definition) is 0. The summed E-state index contributed by atoms with van der Waals surface area (Å²) < 4.78 is 90.7. The zero-order valence-corrected chi connectivity index (χ0v) is 36.4. The van der Waals surface area contributed by atoms with Gasteiger partial charge in [0.1, 0.15) is 0 Å². The van der Waals surface area contributed by atoms with Gasteiger partial charge in [0, 0.05) is 32.7 Å². The van der Waals surface area contributed by atoms with Crippen LogP contribution in [0.15, 0.2) is 188 Å². The predicted molar refractivity (Wildman–Crippen MR) is 263 cm³/mol. The van der Waals surface area contributed by atoms with Crippen LogP contribution >= 0.6 is 0 Å². The molecule has 334 valence electrons. The molecule has 0 fully saturated rings. The Bertz CT molecular complexity index is 4100. The normalized spacial score (nSPS) is 11.8. The van der Waals surface area contributed by atoms with Crippen molar-refractivity contribution in [3.63, 3.8) is 0 Å². The van der Waals surface area contributed by atoms with E-state index in [0.717, 1.165) is 55.3 Å². The summed E-state index contributed by atoms with van der Waals surface area (Å²) in [4.78, 5) is 3.75. The van der Waals surface area contributed by atoms with Gasteiger partial charge in [-0.2, -0.15) is 36.9 Å². The molecule has 0 saturated carbocycles. The zero-order valence-electron chi connectivity index (χ0n) is 36.4. The molecule has 0 unspecified atom stereocenters. The van der Waals surface area contributed by atoms with E-state index in [4.69, 9.17) is 6.57 Å². The topological polar surface area (TPSA) is 61.8 Å². The number of nitrogens with zero attached hydrogens (tertiary/aromatic N) is 5. The number of para-hydroxylation sites is 3. The average Bonchev–Trinajstić information content (AvgIpc) is 3.89. The van der Waals surface area contributed by atoms with E-state index in [1.807, 2.05) is 124 Å². The quantitative estimate of drug-likeness (QED) is 0.123. The van der Waals surface area contributed by atoms with E-state index in [-0.39, 0.29) is 11.6 Å². The molecular weight excluding hydrogens is 893 g/mol. The molecular formula is C59H31F6N5. The average molecular weight is 924 g/mol. The molecule has 0 N–H and O–H groups in total. The van der Waals surface area contributed by atoms with Gasteiger partial charge in [0.15, 0.2) is 5.69 Å². The van der Waals surface area contributed by atoms with E-state index < -0.39 is 29.0 Å². The highest BCUT2D eigenvalue weighted by molar-refractivity contribution is 6.13. The summed E-state index contributed by atoms with van der Waals surface area (Å²) >= 11 is 0. The van der Waals surface area contributed by atoms with Crippen molar-refractivity contribution in [2.75, 3.05) is 0 Å². The summed E-state index contributed by atoms with van der Waals surface area (Å²) in [5.74, 6) is 0. The molecule has 11 heteroatoms. The number of benzene rings is 9. The van der Waals surface area contributed by atoms with Crippen LogP contribution in [-0.4, -0.2) is 9.13 Å². The van der Waals surface area contributed by atoms with Gasteiger partial charge in [-0.25, -0.2) is 4.85 Å². The third-order valence-electron chi connectivity index (χ3n) is 12.9. The van der Waals surface area contributed by atoms with Crippen molar-refractivity contribution in [2.24, 2.45) is 0 Å². The number of hydrogen-bond acceptors (Lipinski definition) is 2. The number of alkyl halides is 6. The van der Waals surface area contributed by atoms with Crippen molar-refractivity contribution < 1.29 is 26.3 Å². The Morgan fingerprint density at radius 3 is 1.51 bits per heavy atom. The van der Waals surface area contributed by atoms with Crippen LogP contribution < -0.4 is 0 Å². The van der Waals surface area contributed by atoms with Crippen molar-refractivity contribution in [1.29, 1.82) is 10.5 Å². The molecule has 11 aromatic rings. The maximum atomic E-state index is 14.9. The minimum atomic E-state index is -5.15. The number of fused-ring (bicyclic) bond motifs is 6. The van der Waals surface area contributed by atoms with Gasteiger partial charge in [0.05, 0.1) is 74.4 Å². The molecule has 0 spiro atoms. The predicted octanol–water partition coefficient (Wildman–Crippen LogP) is 16.9. The van der Waals surface area contributed by atoms with Crippen LogP contribution in [0.4, 0.5) is 32.0 Å². The molecule has 0 bridgehead atoms. The fourth-order valence-electron chi connectivity index (χ4n) is 9.78. The van der Waals surface area contributed by atoms with Crippen LogP contribution in [0.2, 0.25) is 0 Å². The summed E-state index contributed by atoms with van der Waals surface area (Å²) in [5.41, 5.74) is 6.15. The van der Waals surface area contributed by atoms with Crippen LogP contribution in [-0.2, 0) is 12.4 Å². The molecule has 0 saturated heterocycles. The monoisotopic (exact) mass is 923 g/mol. The highest BCUT2D eigenvalue weighted by Gasteiger charge is 2.38. The number of halogens is 6. The highest BCUT2D eigenvalue weighted by Crippen LogP contribution is 2.46. The number of rotatable bonds is 6. The second-order valence-corrected chi connectivity index (χ2v) is 16.8. The van der Waals surface area contributed by atoms with E-state index in [0.29, 0.717) is 62.0 Å². The lowest BCUT2D eigenvalue weighted by atomic mass is 9.92. The first-order chi connectivity index (χ1) is 33.9. The Morgan fingerprint density at radius 1 is 0.414 bits per heavy atom. The van der Waals surface area contributed by atoms with E-state index in [1.54, 1.807) is 48.5 Å². The number of nitriles is 2. The van der Waals surface area contributed by atoms with Gasteiger partial charge in [-0.3, -0.25) is 0 Å². The molecule has 0 aliphatic carbocycles. The van der Waals surface area contributed by atoms with Crippen molar-refractivity contribution in [3.05, 3.63) is 222 Å². The maximum absolute atomic E-state index is 14.9. The molecule has 5 nitrogen and oxygen atoms in total. The van der Waals surface area contributed by atoms with Crippen molar-refractivity contribution >= 4 is 49.3 Å². The Balaban J connectivity index is 1.23. The molecule has 70 heavy (non-hydrogen) atoms. The molecule has 0 radical (unpaired) electrons. The largest absolute Gasteiger partial charge is 0.417 e. The molecule has 9 aromatic carbocycles. The maximum Gasteiger partial charge on any atom is 0.417 e. The third kappa shape index (κ3) is 7.10. The lowest BCUT2D eigenvalue weighted by molar-refractivity contribution is -0.142. The van der Waals surface area contributed by atoms with Crippen molar-refractivity contribution in [1.82, 2.24) is 9.13 Å². The van der Waals surface area contributed by atoms with Gasteiger partial charge in [0.25, 0.3) is 0 Å². The smallest absolute Gasteiger partial charge is 0.309 e. The van der Waals surface area contributed by atoms with Gasteiger partial charge in [0.2, 0.25) is 0 Å². The van der Waals surface area contributed by atoms with E-state index in [1.165, 1.54) is 6.07 Å². The minimum Gasteiger partial charge on any atom is -0.309 e. The van der Waals surface area contributed by atoms with E-state index >= 15 is 0 Å². The van der Waals surface area contributed by atoms with Gasteiger partial charge in [-0.05, 0) is 106 Å². The molecule has 11 rings (SSSR count). The molecule has 0 amide bonds. The summed E-state index contributed by atoms with van der Waals surface area (Å²) in [6, 6.07) is 57.8. The third-order valence-corrected chi connectivity index (χ3v) is 12.9. The summed E-state index contributed by atoms with van der Waals surface area (Å²) in [7, 11) is 0. The van der Waals surface area contributed by atoms with E-state index in [2.05, 4.69) is 17.0 Å². The Labute approximate surface area is 396 Å². The minimum absolute atomic E-state index is 0.0181. The zero-order chi connectivity index (χ0) is 48.5. The SMILES string of the molecule is [C-]#[N+]c1ccccc1-c1ccc2c(c1)c1ccccc1n2-c1cc(C#N)ccc1-c1ccc(-c2ccc(C(F)(F)F)cc2C(F)(F)F)cc1-n1c2ccccc2c2cc(-c3ccccc3C#N)ccc21. The fourth-order valence-corrected chi connectivity index (χ4v) is 9.78. The highest BCUT2D eigenvalue weighted by atomic mass is 19.4. The summed E-state index contributed by atoms with van der Waals surface area (Å²) in [5, 5.41) is 23.7. The molecule has 2 aromatic heterocycles.